The molecule has 5 nitrogen and oxygen atoms in total. The second-order valence-corrected chi connectivity index (χ2v) is 6.31. The highest BCUT2D eigenvalue weighted by Crippen LogP contribution is 2.25. The average molecular weight is 306 g/mol. The molecule has 1 aromatic heterocycles. The molecule has 1 aromatic carbocycles. The van der Waals surface area contributed by atoms with E-state index in [1.54, 1.807) is 13.2 Å². The largest absolute Gasteiger partial charge is 0.497 e. The maximum absolute atomic E-state index is 12.1. The summed E-state index contributed by atoms with van der Waals surface area (Å²) in [7, 11) is 1.59. The Morgan fingerprint density at radius 3 is 3.00 bits per heavy atom. The summed E-state index contributed by atoms with van der Waals surface area (Å²) in [6.45, 7) is 1.66. The number of fused-ring (bicyclic) bond motifs is 1. The number of nitrogens with one attached hydrogen (secondary N) is 1. The zero-order valence-corrected chi connectivity index (χ0v) is 12.7. The van der Waals surface area contributed by atoms with Gasteiger partial charge in [0.1, 0.15) is 11.6 Å². The maximum Gasteiger partial charge on any atom is 0.258 e. The Morgan fingerprint density at radius 2 is 2.24 bits per heavy atom. The van der Waals surface area contributed by atoms with Gasteiger partial charge in [0.15, 0.2) is 0 Å². The van der Waals surface area contributed by atoms with Gasteiger partial charge in [0.05, 0.1) is 23.8 Å². The molecule has 2 aromatic rings. The van der Waals surface area contributed by atoms with Crippen molar-refractivity contribution in [2.45, 2.75) is 23.8 Å². The Bertz CT molecular complexity index is 680. The summed E-state index contributed by atoms with van der Waals surface area (Å²) >= 11 is 1.84. The minimum absolute atomic E-state index is 0.110. The first-order chi connectivity index (χ1) is 10.3. The summed E-state index contributed by atoms with van der Waals surface area (Å²) in [4.78, 5) is 19.5. The molecule has 0 atom stereocenters. The van der Waals surface area contributed by atoms with E-state index >= 15 is 0 Å². The van der Waals surface area contributed by atoms with E-state index in [0.29, 0.717) is 21.9 Å². The molecule has 0 bridgehead atoms. The molecule has 0 aliphatic carbocycles. The highest BCUT2D eigenvalue weighted by Gasteiger charge is 2.15. The number of methoxy groups -OCH3 is 1. The molecule has 2 heterocycles. The molecular weight excluding hydrogens is 288 g/mol. The number of thioether (sulfide) groups is 1. The molecular formula is C15H18N2O3S. The van der Waals surface area contributed by atoms with Gasteiger partial charge in [0.25, 0.3) is 5.56 Å². The monoisotopic (exact) mass is 306 g/mol. The lowest BCUT2D eigenvalue weighted by atomic mass is 10.2. The molecule has 1 aliphatic heterocycles. The predicted octanol–water partition coefficient (Wildman–Crippen LogP) is 2.34. The number of rotatable bonds is 4. The van der Waals surface area contributed by atoms with Crippen molar-refractivity contribution < 1.29 is 9.47 Å². The lowest BCUT2D eigenvalue weighted by molar-refractivity contribution is 0.1000. The Kier molecular flexibility index (Phi) is 4.45. The molecule has 6 heteroatoms. The molecule has 1 aliphatic rings. The van der Waals surface area contributed by atoms with Crippen molar-refractivity contribution in [2.75, 3.05) is 20.3 Å². The Morgan fingerprint density at radius 1 is 1.43 bits per heavy atom. The van der Waals surface area contributed by atoms with Crippen LogP contribution in [-0.4, -0.2) is 35.5 Å². The maximum atomic E-state index is 12.1. The number of H-pyrrole nitrogens is 1. The number of hydrogen-bond donors (Lipinski definition) is 1. The lowest BCUT2D eigenvalue weighted by Crippen LogP contribution is -2.18. The van der Waals surface area contributed by atoms with E-state index in [0.717, 1.165) is 37.6 Å². The van der Waals surface area contributed by atoms with Gasteiger partial charge in [-0.05, 0) is 31.0 Å². The molecule has 0 unspecified atom stereocenters. The summed E-state index contributed by atoms with van der Waals surface area (Å²) in [6.07, 6.45) is 2.14. The van der Waals surface area contributed by atoms with Crippen LogP contribution in [0.4, 0.5) is 0 Å². The van der Waals surface area contributed by atoms with Gasteiger partial charge in [-0.25, -0.2) is 4.98 Å². The van der Waals surface area contributed by atoms with E-state index in [1.165, 1.54) is 0 Å². The van der Waals surface area contributed by atoms with Gasteiger partial charge in [-0.1, -0.05) is 0 Å². The van der Waals surface area contributed by atoms with E-state index in [4.69, 9.17) is 9.47 Å². The zero-order valence-electron chi connectivity index (χ0n) is 11.9. The van der Waals surface area contributed by atoms with Crippen molar-refractivity contribution in [2.24, 2.45) is 0 Å². The molecule has 0 saturated carbocycles. The lowest BCUT2D eigenvalue weighted by Gasteiger charge is -2.21. The van der Waals surface area contributed by atoms with Gasteiger partial charge in [0, 0.05) is 18.5 Å². The predicted molar refractivity (Wildman–Crippen MR) is 84.1 cm³/mol. The minimum atomic E-state index is -0.110. The Hall–Kier alpha value is -1.53. The van der Waals surface area contributed by atoms with Crippen molar-refractivity contribution in [3.63, 3.8) is 0 Å². The number of hydrogen-bond acceptors (Lipinski definition) is 5. The Balaban J connectivity index is 1.78. The van der Waals surface area contributed by atoms with Crippen LogP contribution in [0.2, 0.25) is 0 Å². The van der Waals surface area contributed by atoms with Crippen molar-refractivity contribution >= 4 is 22.7 Å². The van der Waals surface area contributed by atoms with E-state index < -0.39 is 0 Å². The molecule has 1 N–H and O–H groups in total. The van der Waals surface area contributed by atoms with E-state index in [9.17, 15) is 4.79 Å². The summed E-state index contributed by atoms with van der Waals surface area (Å²) < 4.78 is 10.5. The van der Waals surface area contributed by atoms with Crippen LogP contribution in [-0.2, 0) is 10.5 Å². The first-order valence-corrected chi connectivity index (χ1v) is 8.07. The van der Waals surface area contributed by atoms with Crippen molar-refractivity contribution in [1.82, 2.24) is 9.97 Å². The highest BCUT2D eigenvalue weighted by molar-refractivity contribution is 7.99. The summed E-state index contributed by atoms with van der Waals surface area (Å²) in [6, 6.07) is 5.37. The quantitative estimate of drug-likeness (QED) is 0.939. The van der Waals surface area contributed by atoms with Gasteiger partial charge in [-0.3, -0.25) is 4.79 Å². The van der Waals surface area contributed by atoms with Crippen molar-refractivity contribution in [1.29, 1.82) is 0 Å². The molecule has 112 valence electrons. The third kappa shape index (κ3) is 3.39. The van der Waals surface area contributed by atoms with Crippen LogP contribution in [0.1, 0.15) is 18.7 Å². The van der Waals surface area contributed by atoms with Crippen LogP contribution >= 0.6 is 11.8 Å². The van der Waals surface area contributed by atoms with Gasteiger partial charge in [-0.15, -0.1) is 0 Å². The van der Waals surface area contributed by atoms with E-state index in [-0.39, 0.29) is 5.56 Å². The smallest absolute Gasteiger partial charge is 0.258 e. The van der Waals surface area contributed by atoms with Crippen LogP contribution in [0.3, 0.4) is 0 Å². The third-order valence-electron chi connectivity index (χ3n) is 3.59. The summed E-state index contributed by atoms with van der Waals surface area (Å²) in [5.41, 5.74) is 0.601. The first-order valence-electron chi connectivity index (χ1n) is 7.02. The molecule has 1 fully saturated rings. The number of benzene rings is 1. The number of aromatic nitrogens is 2. The van der Waals surface area contributed by atoms with E-state index in [1.807, 2.05) is 23.9 Å². The first kappa shape index (κ1) is 14.4. The second kappa shape index (κ2) is 6.49. The summed E-state index contributed by atoms with van der Waals surface area (Å²) in [5, 5.41) is 1.16. The molecule has 0 radical (unpaired) electrons. The Labute approximate surface area is 127 Å². The summed E-state index contributed by atoms with van der Waals surface area (Å²) in [5.74, 6) is 2.12. The van der Waals surface area contributed by atoms with Crippen LogP contribution in [0.25, 0.3) is 10.9 Å². The van der Waals surface area contributed by atoms with E-state index in [2.05, 4.69) is 9.97 Å². The number of nitrogens with zero attached hydrogens (tertiary/aromatic N) is 1. The average Bonchev–Trinajstić information content (AvgIpc) is 2.54. The molecule has 0 spiro atoms. The zero-order chi connectivity index (χ0) is 14.7. The molecule has 1 saturated heterocycles. The highest BCUT2D eigenvalue weighted by atomic mass is 32.2. The SMILES string of the molecule is COc1ccc2nc(CSC3CCOCC3)[nH]c(=O)c2c1. The molecule has 21 heavy (non-hydrogen) atoms. The van der Waals surface area contributed by atoms with Gasteiger partial charge < -0.3 is 14.5 Å². The second-order valence-electron chi connectivity index (χ2n) is 5.02. The van der Waals surface area contributed by atoms with Gasteiger partial charge >= 0.3 is 0 Å². The van der Waals surface area contributed by atoms with Crippen LogP contribution in [0.5, 0.6) is 5.75 Å². The van der Waals surface area contributed by atoms with Crippen LogP contribution in [0.15, 0.2) is 23.0 Å². The normalized spacial score (nSPS) is 16.2. The van der Waals surface area contributed by atoms with Crippen LogP contribution in [0, 0.1) is 0 Å². The minimum Gasteiger partial charge on any atom is -0.497 e. The fraction of sp³-hybridized carbons (Fsp3) is 0.467. The van der Waals surface area contributed by atoms with Crippen molar-refractivity contribution in [3.8, 4) is 5.75 Å². The molecule has 0 amide bonds. The number of ether oxygens (including phenoxy) is 2. The standard InChI is InChI=1S/C15H18N2O3S/c1-19-10-2-3-13-12(8-10)15(18)17-14(16-13)9-21-11-4-6-20-7-5-11/h2-3,8,11H,4-7,9H2,1H3,(H,16,17,18). The fourth-order valence-corrected chi connectivity index (χ4v) is 3.46. The third-order valence-corrected chi connectivity index (χ3v) is 4.97. The topological polar surface area (TPSA) is 64.2 Å². The van der Waals surface area contributed by atoms with Gasteiger partial charge in [-0.2, -0.15) is 11.8 Å². The fourth-order valence-electron chi connectivity index (χ4n) is 2.40. The van der Waals surface area contributed by atoms with Gasteiger partial charge in [0.2, 0.25) is 0 Å². The van der Waals surface area contributed by atoms with Crippen molar-refractivity contribution in [3.05, 3.63) is 34.4 Å². The number of aromatic amines is 1. The van der Waals surface area contributed by atoms with Crippen LogP contribution < -0.4 is 10.3 Å². The molecule has 3 rings (SSSR count).